The van der Waals surface area contributed by atoms with Gasteiger partial charge in [0.05, 0.1) is 0 Å². The zero-order valence-corrected chi connectivity index (χ0v) is 5.30. The fourth-order valence-electron chi connectivity index (χ4n) is 0. The van der Waals surface area contributed by atoms with E-state index in [0.29, 0.717) is 0 Å². The summed E-state index contributed by atoms with van der Waals surface area (Å²) >= 11 is 7.61. The van der Waals surface area contributed by atoms with Gasteiger partial charge in [0.15, 0.2) is 5.96 Å². The summed E-state index contributed by atoms with van der Waals surface area (Å²) in [5.41, 5.74) is 8.94. The zero-order valence-electron chi connectivity index (χ0n) is 3.59. The van der Waals surface area contributed by atoms with Crippen LogP contribution in [0.3, 0.4) is 0 Å². The molecule has 0 atom stereocenters. The fourth-order valence-corrected chi connectivity index (χ4v) is 0. The molecule has 0 saturated carbocycles. The van der Waals surface area contributed by atoms with Crippen LogP contribution >= 0.6 is 24.8 Å². The molecule has 0 bridgehead atoms. The maximum absolute atomic E-state index is 6.06. The van der Waals surface area contributed by atoms with Gasteiger partial charge in [-0.2, -0.15) is 0 Å². The first-order valence-corrected chi connectivity index (χ1v) is 2.31. The van der Waals surface area contributed by atoms with E-state index in [4.69, 9.17) is 5.41 Å². The second-order valence-corrected chi connectivity index (χ2v) is 1.40. The smallest absolute Gasteiger partial charge is 0.183 e. The molecule has 0 fully saturated rings. The van der Waals surface area contributed by atoms with Gasteiger partial charge in [0.25, 0.3) is 0 Å². The molecular weight excluding hydrogens is 130 g/mol. The molecule has 0 radical (unpaired) electrons. The van der Waals surface area contributed by atoms with E-state index in [1.807, 2.05) is 0 Å². The average molecular weight is 137 g/mol. The number of hydrogen-bond acceptors (Lipinski definition) is 2. The molecule has 0 amide bonds. The molecule has 0 spiro atoms. The van der Waals surface area contributed by atoms with Crippen molar-refractivity contribution in [1.82, 2.24) is 0 Å². The first-order valence-electron chi connectivity index (χ1n) is 1.32. The molecule has 42 valence electrons. The Morgan fingerprint density at radius 2 is 1.71 bits per heavy atom. The lowest BCUT2D eigenvalue weighted by Crippen LogP contribution is -2.20. The van der Waals surface area contributed by atoms with Crippen molar-refractivity contribution in [3.8, 4) is 0 Å². The third-order valence-electron chi connectivity index (χ3n) is 0. The summed E-state index contributed by atoms with van der Waals surface area (Å²) in [5, 5.41) is 6.06. The van der Waals surface area contributed by atoms with Gasteiger partial charge in [-0.1, -0.05) is 12.2 Å². The van der Waals surface area contributed by atoms with Gasteiger partial charge in [-0.25, -0.2) is 0 Å². The normalized spacial score (nSPS) is 5.29. The lowest BCUT2D eigenvalue weighted by molar-refractivity contribution is 1.39. The number of thiocarbonyl (C=S) groups is 1. The van der Waals surface area contributed by atoms with Gasteiger partial charge in [0, 0.05) is 4.70 Å². The molecule has 0 saturated heterocycles. The highest BCUT2D eigenvalue weighted by molar-refractivity contribution is 8.08. The summed E-state index contributed by atoms with van der Waals surface area (Å²) in [6.07, 6.45) is 0. The summed E-state index contributed by atoms with van der Waals surface area (Å²) in [6, 6.07) is 0. The van der Waals surface area contributed by atoms with Crippen LogP contribution in [-0.2, 0) is 0 Å². The standard InChI is InChI=1S/CH5N3.CH2S2/c2-1(3)4;2-1-3/h(H5,2,3,4);1H,(H,2,3). The Kier molecular flexibility index (Phi) is 13.0. The fraction of sp³-hybridized carbons (Fsp3) is 0. The van der Waals surface area contributed by atoms with E-state index >= 15 is 0 Å². The maximum Gasteiger partial charge on any atom is 0.183 e. The van der Waals surface area contributed by atoms with Crippen molar-refractivity contribution in [2.75, 3.05) is 0 Å². The first-order chi connectivity index (χ1) is 3.15. The minimum atomic E-state index is -0.333. The number of guanidine groups is 1. The predicted octanol–water partition coefficient (Wildman–Crippen LogP) is -0.288. The third-order valence-corrected chi connectivity index (χ3v) is 0. The van der Waals surface area contributed by atoms with E-state index in [9.17, 15) is 0 Å². The highest BCUT2D eigenvalue weighted by Crippen LogP contribution is 1.50. The monoisotopic (exact) mass is 137 g/mol. The lowest BCUT2D eigenvalue weighted by Gasteiger charge is -1.69. The molecule has 0 rings (SSSR count). The quantitative estimate of drug-likeness (QED) is 0.160. The Labute approximate surface area is 53.0 Å². The third kappa shape index (κ3) is 935. The van der Waals surface area contributed by atoms with Crippen LogP contribution in [-0.4, -0.2) is 10.7 Å². The Balaban J connectivity index is 0. The van der Waals surface area contributed by atoms with Crippen LogP contribution in [0, 0.1) is 5.41 Å². The molecular formula is C2H7N3S2. The van der Waals surface area contributed by atoms with Gasteiger partial charge in [-0.15, -0.1) is 12.6 Å². The molecule has 0 aromatic rings. The van der Waals surface area contributed by atoms with Crippen molar-refractivity contribution < 1.29 is 0 Å². The van der Waals surface area contributed by atoms with E-state index in [1.54, 1.807) is 0 Å². The molecule has 0 aliphatic heterocycles. The number of hydrogen-bond donors (Lipinski definition) is 4. The summed E-state index contributed by atoms with van der Waals surface area (Å²) in [6.45, 7) is 0. The topological polar surface area (TPSA) is 75.9 Å². The molecule has 0 unspecified atom stereocenters. The number of thiol groups is 1. The van der Waals surface area contributed by atoms with Gasteiger partial charge in [-0.3, -0.25) is 5.41 Å². The minimum absolute atomic E-state index is 0.333. The molecule has 5 heteroatoms. The van der Waals surface area contributed by atoms with Gasteiger partial charge < -0.3 is 11.5 Å². The Morgan fingerprint density at radius 3 is 1.71 bits per heavy atom. The Hall–Kier alpha value is -0.290. The van der Waals surface area contributed by atoms with Crippen LogP contribution < -0.4 is 11.5 Å². The van der Waals surface area contributed by atoms with Crippen LogP contribution in [0.4, 0.5) is 0 Å². The zero-order chi connectivity index (χ0) is 6.28. The second-order valence-electron chi connectivity index (χ2n) is 0.561. The Morgan fingerprint density at radius 1 is 1.71 bits per heavy atom. The van der Waals surface area contributed by atoms with E-state index in [-0.39, 0.29) is 5.96 Å². The molecule has 0 aromatic carbocycles. The highest BCUT2D eigenvalue weighted by Gasteiger charge is 1.52. The predicted molar refractivity (Wildman–Crippen MR) is 38.7 cm³/mol. The molecule has 0 heterocycles. The van der Waals surface area contributed by atoms with Gasteiger partial charge in [0.2, 0.25) is 0 Å². The van der Waals surface area contributed by atoms with Crippen LogP contribution in [0.15, 0.2) is 0 Å². The van der Waals surface area contributed by atoms with Crippen molar-refractivity contribution in [2.24, 2.45) is 11.5 Å². The summed E-state index contributed by atoms with van der Waals surface area (Å²) in [4.78, 5) is 0. The maximum atomic E-state index is 6.06. The average Bonchev–Trinajstić information content (AvgIpc) is 1.33. The van der Waals surface area contributed by atoms with Crippen LogP contribution in [0.1, 0.15) is 0 Å². The van der Waals surface area contributed by atoms with E-state index < -0.39 is 0 Å². The highest BCUT2D eigenvalue weighted by atomic mass is 32.1. The second kappa shape index (κ2) is 9.20. The lowest BCUT2D eigenvalue weighted by atomic mass is 11.1. The summed E-state index contributed by atoms with van der Waals surface area (Å²) in [7, 11) is 0. The molecule has 0 aliphatic carbocycles. The Bertz CT molecular complexity index is 58.0. The molecule has 7 heavy (non-hydrogen) atoms. The first kappa shape index (κ1) is 9.86. The van der Waals surface area contributed by atoms with Gasteiger partial charge in [0.1, 0.15) is 0 Å². The van der Waals surface area contributed by atoms with E-state index in [1.165, 1.54) is 4.70 Å². The largest absolute Gasteiger partial charge is 0.370 e. The van der Waals surface area contributed by atoms with Crippen LogP contribution in [0.5, 0.6) is 0 Å². The summed E-state index contributed by atoms with van der Waals surface area (Å²) < 4.78 is 1.28. The van der Waals surface area contributed by atoms with Crippen molar-refractivity contribution in [3.05, 3.63) is 0 Å². The van der Waals surface area contributed by atoms with Crippen molar-refractivity contribution in [2.45, 2.75) is 0 Å². The number of nitrogens with one attached hydrogen (secondary N) is 1. The number of nitrogens with two attached hydrogens (primary N) is 2. The molecule has 5 N–H and O–H groups in total. The van der Waals surface area contributed by atoms with Crippen molar-refractivity contribution in [1.29, 1.82) is 5.41 Å². The van der Waals surface area contributed by atoms with Crippen LogP contribution in [0.25, 0.3) is 0 Å². The summed E-state index contributed by atoms with van der Waals surface area (Å²) in [5.74, 6) is -0.333. The minimum Gasteiger partial charge on any atom is -0.370 e. The number of rotatable bonds is 0. The van der Waals surface area contributed by atoms with Gasteiger partial charge >= 0.3 is 0 Å². The molecule has 3 nitrogen and oxygen atoms in total. The van der Waals surface area contributed by atoms with Crippen LogP contribution in [0.2, 0.25) is 0 Å². The van der Waals surface area contributed by atoms with E-state index in [2.05, 4.69) is 36.3 Å². The van der Waals surface area contributed by atoms with Gasteiger partial charge in [-0.05, 0) is 0 Å². The molecule has 0 aromatic heterocycles. The SMILES string of the molecule is N=C(N)N.S=CS. The van der Waals surface area contributed by atoms with Crippen molar-refractivity contribution >= 4 is 35.5 Å². The molecule has 0 aliphatic rings. The van der Waals surface area contributed by atoms with Crippen molar-refractivity contribution in [3.63, 3.8) is 0 Å². The van der Waals surface area contributed by atoms with E-state index in [0.717, 1.165) is 0 Å².